The molecule has 2 heterocycles. The number of benzene rings is 1. The number of hydrogen-bond donors (Lipinski definition) is 1. The van der Waals surface area contributed by atoms with Gasteiger partial charge >= 0.3 is 5.97 Å². The lowest BCUT2D eigenvalue weighted by Gasteiger charge is -2.03. The number of furan rings is 1. The van der Waals surface area contributed by atoms with Crippen LogP contribution in [0.3, 0.4) is 0 Å². The monoisotopic (exact) mass is 388 g/mol. The van der Waals surface area contributed by atoms with Crippen LogP contribution in [-0.2, 0) is 26.2 Å². The van der Waals surface area contributed by atoms with E-state index in [-0.39, 0.29) is 6.61 Å². The molecule has 27 heavy (non-hydrogen) atoms. The fourth-order valence-corrected chi connectivity index (χ4v) is 2.81. The van der Waals surface area contributed by atoms with E-state index in [4.69, 9.17) is 13.7 Å². The number of carbonyl (C=O) groups is 1. The van der Waals surface area contributed by atoms with Crippen molar-refractivity contribution in [2.24, 2.45) is 0 Å². The zero-order valence-electron chi connectivity index (χ0n) is 14.1. The number of rotatable bonds is 8. The normalized spacial score (nSPS) is 11.7. The molecule has 8 nitrogen and oxygen atoms in total. The second-order valence-corrected chi connectivity index (χ2v) is 7.05. The zero-order chi connectivity index (χ0) is 19.1. The van der Waals surface area contributed by atoms with E-state index in [0.717, 1.165) is 11.0 Å². The Morgan fingerprint density at radius 1 is 1.15 bits per heavy atom. The number of nitrogens with zero attached hydrogens (tertiary/aromatic N) is 1. The Morgan fingerprint density at radius 3 is 2.70 bits per heavy atom. The molecule has 1 N–H and O–H groups in total. The number of hydrogen-bond acceptors (Lipinski definition) is 7. The van der Waals surface area contributed by atoms with Gasteiger partial charge in [0, 0.05) is 11.5 Å². The maximum absolute atomic E-state index is 11.9. The average molecular weight is 388 g/mol. The molecule has 0 radical (unpaired) electrons. The van der Waals surface area contributed by atoms with E-state index in [1.807, 2.05) is 6.07 Å². The van der Waals surface area contributed by atoms with Crippen LogP contribution in [0, 0.1) is 0 Å². The number of carbonyl (C=O) groups excluding carboxylic acids is 1. The standard InChI is InChI=1S/C18H16N2O6S/c21-18(12-19-27(22,23)10-8-14-5-2-1-3-6-14)25-13-15-11-17(26-20-15)16-7-4-9-24-16/h1-11,19H,12-13H2/b10-8+. The van der Waals surface area contributed by atoms with Crippen LogP contribution in [0.5, 0.6) is 0 Å². The topological polar surface area (TPSA) is 112 Å². The van der Waals surface area contributed by atoms with Gasteiger partial charge in [-0.15, -0.1) is 0 Å². The summed E-state index contributed by atoms with van der Waals surface area (Å²) in [6.45, 7) is -0.644. The number of esters is 1. The Balaban J connectivity index is 1.46. The average Bonchev–Trinajstić information content (AvgIpc) is 3.35. The minimum atomic E-state index is -3.76. The highest BCUT2D eigenvalue weighted by atomic mass is 32.2. The summed E-state index contributed by atoms with van der Waals surface area (Å²) in [5.41, 5.74) is 1.10. The lowest BCUT2D eigenvalue weighted by Crippen LogP contribution is -2.29. The molecule has 2 aromatic heterocycles. The Kier molecular flexibility index (Phi) is 5.84. The molecule has 3 aromatic rings. The molecule has 0 bridgehead atoms. The molecule has 0 unspecified atom stereocenters. The Bertz CT molecular complexity index is 1010. The van der Waals surface area contributed by atoms with Crippen LogP contribution in [0.15, 0.2) is 69.1 Å². The zero-order valence-corrected chi connectivity index (χ0v) is 14.9. The first-order valence-corrected chi connectivity index (χ1v) is 9.44. The van der Waals surface area contributed by atoms with Crippen LogP contribution >= 0.6 is 0 Å². The van der Waals surface area contributed by atoms with E-state index in [1.165, 1.54) is 12.3 Å². The van der Waals surface area contributed by atoms with Crippen molar-refractivity contribution in [2.75, 3.05) is 6.54 Å². The van der Waals surface area contributed by atoms with Gasteiger partial charge in [-0.3, -0.25) is 4.79 Å². The number of aromatic nitrogens is 1. The summed E-state index contributed by atoms with van der Waals surface area (Å²) < 4.78 is 41.1. The summed E-state index contributed by atoms with van der Waals surface area (Å²) in [5.74, 6) is 0.157. The van der Waals surface area contributed by atoms with Crippen molar-refractivity contribution in [3.05, 3.63) is 71.5 Å². The second-order valence-electron chi connectivity index (χ2n) is 5.40. The molecule has 0 atom stereocenters. The minimum Gasteiger partial charge on any atom is -0.461 e. The fraction of sp³-hybridized carbons (Fsp3) is 0.111. The molecule has 0 spiro atoms. The first-order valence-electron chi connectivity index (χ1n) is 7.90. The maximum atomic E-state index is 11.9. The largest absolute Gasteiger partial charge is 0.461 e. The van der Waals surface area contributed by atoms with E-state index in [2.05, 4.69) is 9.88 Å². The quantitative estimate of drug-likeness (QED) is 0.590. The van der Waals surface area contributed by atoms with Crippen molar-refractivity contribution in [2.45, 2.75) is 6.61 Å². The summed E-state index contributed by atoms with van der Waals surface area (Å²) >= 11 is 0. The van der Waals surface area contributed by atoms with Crippen LogP contribution in [-0.4, -0.2) is 26.1 Å². The van der Waals surface area contributed by atoms with Crippen molar-refractivity contribution in [3.8, 4) is 11.5 Å². The summed E-state index contributed by atoms with van der Waals surface area (Å²) in [6, 6.07) is 13.9. The lowest BCUT2D eigenvalue weighted by molar-refractivity contribution is -0.143. The first kappa shape index (κ1) is 18.6. The smallest absolute Gasteiger partial charge is 0.321 e. The van der Waals surface area contributed by atoms with Crippen molar-refractivity contribution in [3.63, 3.8) is 0 Å². The van der Waals surface area contributed by atoms with Gasteiger partial charge in [0.25, 0.3) is 0 Å². The highest BCUT2D eigenvalue weighted by Crippen LogP contribution is 2.20. The molecule has 1 aromatic carbocycles. The Labute approximate surface area is 155 Å². The summed E-state index contributed by atoms with van der Waals surface area (Å²) in [5, 5.41) is 4.74. The second kappa shape index (κ2) is 8.47. The van der Waals surface area contributed by atoms with Crippen molar-refractivity contribution in [1.82, 2.24) is 9.88 Å². The van der Waals surface area contributed by atoms with Crippen LogP contribution < -0.4 is 4.72 Å². The molecular weight excluding hydrogens is 372 g/mol. The van der Waals surface area contributed by atoms with E-state index in [0.29, 0.717) is 17.2 Å². The van der Waals surface area contributed by atoms with Gasteiger partial charge in [-0.05, 0) is 23.8 Å². The minimum absolute atomic E-state index is 0.148. The van der Waals surface area contributed by atoms with Crippen LogP contribution in [0.2, 0.25) is 0 Å². The van der Waals surface area contributed by atoms with E-state index in [9.17, 15) is 13.2 Å². The molecule has 0 amide bonds. The van der Waals surface area contributed by atoms with E-state index >= 15 is 0 Å². The summed E-state index contributed by atoms with van der Waals surface area (Å²) in [4.78, 5) is 11.7. The third kappa shape index (κ3) is 5.66. The van der Waals surface area contributed by atoms with Crippen LogP contribution in [0.25, 0.3) is 17.6 Å². The SMILES string of the molecule is O=C(CNS(=O)(=O)/C=C/c1ccccc1)OCc1cc(-c2ccco2)on1. The molecule has 0 aliphatic heterocycles. The molecule has 0 aliphatic carbocycles. The lowest BCUT2D eigenvalue weighted by atomic mass is 10.2. The molecule has 140 valence electrons. The number of nitrogens with one attached hydrogen (secondary N) is 1. The highest BCUT2D eigenvalue weighted by Gasteiger charge is 2.13. The van der Waals surface area contributed by atoms with Crippen molar-refractivity contribution in [1.29, 1.82) is 0 Å². The molecule has 9 heteroatoms. The predicted molar refractivity (Wildman–Crippen MR) is 96.4 cm³/mol. The molecule has 3 rings (SSSR count). The summed E-state index contributed by atoms with van der Waals surface area (Å²) in [7, 11) is -3.76. The van der Waals surface area contributed by atoms with Gasteiger partial charge in [0.1, 0.15) is 18.8 Å². The van der Waals surface area contributed by atoms with Gasteiger partial charge < -0.3 is 13.7 Å². The van der Waals surface area contributed by atoms with Crippen molar-refractivity contribution >= 4 is 22.1 Å². The van der Waals surface area contributed by atoms with Crippen LogP contribution in [0.1, 0.15) is 11.3 Å². The molecule has 0 saturated heterocycles. The van der Waals surface area contributed by atoms with E-state index < -0.39 is 22.5 Å². The van der Waals surface area contributed by atoms with Crippen molar-refractivity contribution < 1.29 is 26.9 Å². The molecule has 0 fully saturated rings. The molecule has 0 aliphatic rings. The van der Waals surface area contributed by atoms with Gasteiger partial charge in [0.15, 0.2) is 5.76 Å². The number of ether oxygens (including phenoxy) is 1. The van der Waals surface area contributed by atoms with Gasteiger partial charge in [-0.2, -0.15) is 0 Å². The Hall–Kier alpha value is -3.17. The summed E-state index contributed by atoms with van der Waals surface area (Å²) in [6.07, 6.45) is 2.93. The van der Waals surface area contributed by atoms with Gasteiger partial charge in [-0.25, -0.2) is 13.1 Å². The van der Waals surface area contributed by atoms with Crippen LogP contribution in [0.4, 0.5) is 0 Å². The first-order chi connectivity index (χ1) is 13.0. The molecule has 0 saturated carbocycles. The third-order valence-corrected chi connectivity index (χ3v) is 4.40. The number of sulfonamides is 1. The maximum Gasteiger partial charge on any atom is 0.321 e. The highest BCUT2D eigenvalue weighted by molar-refractivity contribution is 7.92. The van der Waals surface area contributed by atoms with E-state index in [1.54, 1.807) is 42.5 Å². The fourth-order valence-electron chi connectivity index (χ4n) is 2.06. The van der Waals surface area contributed by atoms with Gasteiger partial charge in [0.2, 0.25) is 15.8 Å². The van der Waals surface area contributed by atoms with Gasteiger partial charge in [0.05, 0.1) is 6.26 Å². The Morgan fingerprint density at radius 2 is 1.96 bits per heavy atom. The predicted octanol–water partition coefficient (Wildman–Crippen LogP) is 2.57. The van der Waals surface area contributed by atoms with Gasteiger partial charge in [-0.1, -0.05) is 35.5 Å². The molecular formula is C18H16N2O6S. The third-order valence-electron chi connectivity index (χ3n) is 3.36.